The van der Waals surface area contributed by atoms with Crippen molar-refractivity contribution < 1.29 is 14.3 Å². The zero-order valence-corrected chi connectivity index (χ0v) is 19.9. The van der Waals surface area contributed by atoms with Crippen LogP contribution in [0.2, 0.25) is 0 Å². The Kier molecular flexibility index (Phi) is 6.37. The molecule has 1 heterocycles. The van der Waals surface area contributed by atoms with Crippen LogP contribution < -0.4 is 14.8 Å². The van der Waals surface area contributed by atoms with Crippen LogP contribution in [0.1, 0.15) is 70.3 Å². The van der Waals surface area contributed by atoms with Crippen LogP contribution in [0, 0.1) is 23.2 Å². The van der Waals surface area contributed by atoms with Crippen molar-refractivity contribution in [3.63, 3.8) is 0 Å². The molecule has 1 aromatic rings. The summed E-state index contributed by atoms with van der Waals surface area (Å²) in [6.07, 6.45) is 12.2. The molecule has 1 amide bonds. The van der Waals surface area contributed by atoms with Gasteiger partial charge in [-0.2, -0.15) is 0 Å². The third kappa shape index (κ3) is 4.50. The number of carbonyl (C=O) groups is 1. The number of methoxy groups -OCH3 is 1. The lowest BCUT2D eigenvalue weighted by Crippen LogP contribution is -2.54. The van der Waals surface area contributed by atoms with E-state index in [1.165, 1.54) is 50.5 Å². The fourth-order valence-electron chi connectivity index (χ4n) is 7.51. The molecule has 6 rings (SSSR count). The highest BCUT2D eigenvalue weighted by Gasteiger charge is 2.52. The Morgan fingerprint density at radius 3 is 2.34 bits per heavy atom. The van der Waals surface area contributed by atoms with E-state index in [1.807, 2.05) is 11.0 Å². The number of nitrogens with one attached hydrogen (secondary N) is 1. The second kappa shape index (κ2) is 9.24. The molecule has 4 saturated carbocycles. The third-order valence-electron chi connectivity index (χ3n) is 8.90. The molecule has 0 radical (unpaired) electrons. The van der Waals surface area contributed by atoms with Crippen LogP contribution in [0.25, 0.3) is 0 Å². The predicted molar refractivity (Wildman–Crippen MR) is 126 cm³/mol. The van der Waals surface area contributed by atoms with Crippen LogP contribution in [-0.2, 0) is 11.3 Å². The van der Waals surface area contributed by atoms with Gasteiger partial charge in [-0.15, -0.1) is 0 Å². The monoisotopic (exact) mass is 440 g/mol. The van der Waals surface area contributed by atoms with E-state index >= 15 is 0 Å². The van der Waals surface area contributed by atoms with Crippen molar-refractivity contribution in [3.05, 3.63) is 23.8 Å². The van der Waals surface area contributed by atoms with E-state index < -0.39 is 0 Å². The molecule has 4 bridgehead atoms. The highest BCUT2D eigenvalue weighted by Crippen LogP contribution is 2.61. The molecule has 1 saturated heterocycles. The maximum absolute atomic E-state index is 12.4. The fraction of sp³-hybridized carbons (Fsp3) is 0.741. The van der Waals surface area contributed by atoms with Gasteiger partial charge in [-0.25, -0.2) is 0 Å². The first-order valence-electron chi connectivity index (χ1n) is 12.9. The van der Waals surface area contributed by atoms with Crippen LogP contribution in [0.3, 0.4) is 0 Å². The van der Waals surface area contributed by atoms with E-state index in [0.717, 1.165) is 50.2 Å². The Bertz CT molecular complexity index is 782. The molecule has 5 heteroatoms. The molecule has 32 heavy (non-hydrogen) atoms. The van der Waals surface area contributed by atoms with Gasteiger partial charge in [-0.05, 0) is 106 Å². The van der Waals surface area contributed by atoms with Gasteiger partial charge in [0.25, 0.3) is 5.91 Å². The van der Waals surface area contributed by atoms with Gasteiger partial charge < -0.3 is 19.7 Å². The van der Waals surface area contributed by atoms with E-state index in [1.54, 1.807) is 7.11 Å². The molecule has 1 N–H and O–H groups in total. The fourth-order valence-corrected chi connectivity index (χ4v) is 7.51. The summed E-state index contributed by atoms with van der Waals surface area (Å²) in [6.45, 7) is 5.04. The van der Waals surface area contributed by atoms with Gasteiger partial charge in [-0.3, -0.25) is 4.79 Å². The first kappa shape index (κ1) is 22.1. The molecule has 4 aliphatic carbocycles. The summed E-state index contributed by atoms with van der Waals surface area (Å²) in [5.41, 5.74) is 1.71. The lowest BCUT2D eigenvalue weighted by molar-refractivity contribution is -0.134. The second-order valence-corrected chi connectivity index (χ2v) is 11.1. The molecule has 0 aromatic heterocycles. The van der Waals surface area contributed by atoms with Crippen LogP contribution in [-0.4, -0.2) is 43.7 Å². The summed E-state index contributed by atoms with van der Waals surface area (Å²) in [6, 6.07) is 6.65. The summed E-state index contributed by atoms with van der Waals surface area (Å²) in [4.78, 5) is 14.3. The first-order chi connectivity index (χ1) is 15.5. The van der Waals surface area contributed by atoms with Gasteiger partial charge in [0.05, 0.1) is 7.11 Å². The van der Waals surface area contributed by atoms with Crippen molar-refractivity contribution in [3.8, 4) is 11.5 Å². The van der Waals surface area contributed by atoms with E-state index in [-0.39, 0.29) is 12.5 Å². The number of carbonyl (C=O) groups excluding carboxylic acids is 1. The van der Waals surface area contributed by atoms with Crippen molar-refractivity contribution in [2.24, 2.45) is 23.2 Å². The van der Waals surface area contributed by atoms with Crippen LogP contribution in [0.5, 0.6) is 11.5 Å². The number of ether oxygens (including phenoxy) is 2. The number of piperidine rings is 1. The van der Waals surface area contributed by atoms with Gasteiger partial charge in [0.2, 0.25) is 0 Å². The van der Waals surface area contributed by atoms with E-state index in [9.17, 15) is 4.79 Å². The molecule has 1 aromatic carbocycles. The molecule has 5 aliphatic rings. The minimum Gasteiger partial charge on any atom is -0.493 e. The molecular weight excluding hydrogens is 400 g/mol. The Morgan fingerprint density at radius 2 is 1.72 bits per heavy atom. The summed E-state index contributed by atoms with van der Waals surface area (Å²) in [7, 11) is 1.67. The lowest BCUT2D eigenvalue weighted by Gasteiger charge is -2.59. The van der Waals surface area contributed by atoms with Gasteiger partial charge in [0.1, 0.15) is 0 Å². The number of likely N-dealkylation sites (tertiary alicyclic amines) is 1. The number of nitrogens with zero attached hydrogens (tertiary/aromatic N) is 1. The standard InChI is InChI=1S/C27H40N2O3/c1-19(27-14-21-10-22(15-27)12-23(11-21)16-27)28-17-20-6-7-24(25(13-20)31-2)32-18-26(30)29-8-4-3-5-9-29/h6-7,13,19,21-23,28H,3-5,8-12,14-18H2,1-2H3/t19-,21?,22?,23?,27?/m0/s1. The number of hydrogen-bond donors (Lipinski definition) is 1. The van der Waals surface area contributed by atoms with Gasteiger partial charge in [0.15, 0.2) is 18.1 Å². The molecule has 1 atom stereocenters. The Balaban J connectivity index is 1.16. The topological polar surface area (TPSA) is 50.8 Å². The van der Waals surface area contributed by atoms with Crippen molar-refractivity contribution in [2.75, 3.05) is 26.8 Å². The molecule has 5 nitrogen and oxygen atoms in total. The zero-order chi connectivity index (χ0) is 22.1. The smallest absolute Gasteiger partial charge is 0.260 e. The second-order valence-electron chi connectivity index (χ2n) is 11.1. The van der Waals surface area contributed by atoms with E-state index in [4.69, 9.17) is 9.47 Å². The van der Waals surface area contributed by atoms with Gasteiger partial charge in [0, 0.05) is 25.7 Å². The van der Waals surface area contributed by atoms with E-state index in [2.05, 4.69) is 24.4 Å². The largest absolute Gasteiger partial charge is 0.493 e. The molecule has 176 valence electrons. The summed E-state index contributed by atoms with van der Waals surface area (Å²) in [5, 5.41) is 3.86. The summed E-state index contributed by atoms with van der Waals surface area (Å²) < 4.78 is 11.4. The minimum atomic E-state index is 0.0712. The molecule has 0 unspecified atom stereocenters. The highest BCUT2D eigenvalue weighted by molar-refractivity contribution is 5.78. The highest BCUT2D eigenvalue weighted by atomic mass is 16.5. The van der Waals surface area contributed by atoms with Crippen LogP contribution >= 0.6 is 0 Å². The molecular formula is C27H40N2O3. The van der Waals surface area contributed by atoms with Crippen LogP contribution in [0.15, 0.2) is 18.2 Å². The Labute approximate surface area is 193 Å². The zero-order valence-electron chi connectivity index (χ0n) is 19.9. The Hall–Kier alpha value is -1.75. The molecule has 5 fully saturated rings. The maximum atomic E-state index is 12.4. The number of amides is 1. The lowest BCUT2D eigenvalue weighted by atomic mass is 9.48. The minimum absolute atomic E-state index is 0.0712. The molecule has 1 aliphatic heterocycles. The predicted octanol–water partition coefficient (Wildman–Crippen LogP) is 4.78. The SMILES string of the molecule is COc1cc(CN[C@@H](C)C23CC4CC(CC(C4)C2)C3)ccc1OCC(=O)N1CCCCC1. The van der Waals surface area contributed by atoms with Crippen molar-refractivity contribution in [1.82, 2.24) is 10.2 Å². The van der Waals surface area contributed by atoms with Crippen molar-refractivity contribution >= 4 is 5.91 Å². The number of rotatable bonds is 8. The van der Waals surface area contributed by atoms with Crippen LogP contribution in [0.4, 0.5) is 0 Å². The Morgan fingerprint density at radius 1 is 1.06 bits per heavy atom. The molecule has 0 spiro atoms. The quantitative estimate of drug-likeness (QED) is 0.632. The third-order valence-corrected chi connectivity index (χ3v) is 8.90. The van der Waals surface area contributed by atoms with E-state index in [0.29, 0.717) is 23.0 Å². The summed E-state index contributed by atoms with van der Waals surface area (Å²) >= 11 is 0. The average molecular weight is 441 g/mol. The summed E-state index contributed by atoms with van der Waals surface area (Å²) in [5.74, 6) is 4.37. The van der Waals surface area contributed by atoms with Gasteiger partial charge in [-0.1, -0.05) is 6.07 Å². The van der Waals surface area contributed by atoms with Gasteiger partial charge >= 0.3 is 0 Å². The average Bonchev–Trinajstić information content (AvgIpc) is 2.80. The first-order valence-corrected chi connectivity index (χ1v) is 12.9. The normalized spacial score (nSPS) is 32.1. The number of benzene rings is 1. The number of hydrogen-bond acceptors (Lipinski definition) is 4. The maximum Gasteiger partial charge on any atom is 0.260 e. The van der Waals surface area contributed by atoms with Crippen molar-refractivity contribution in [2.45, 2.75) is 77.3 Å². The van der Waals surface area contributed by atoms with Crippen molar-refractivity contribution in [1.29, 1.82) is 0 Å².